The zero-order valence-electron chi connectivity index (χ0n) is 15.5. The van der Waals surface area contributed by atoms with E-state index in [4.69, 9.17) is 11.6 Å². The highest BCUT2D eigenvalue weighted by molar-refractivity contribution is 6.33. The predicted molar refractivity (Wildman–Crippen MR) is 95.2 cm³/mol. The number of amides is 1. The minimum Gasteiger partial charge on any atom is -0.338 e. The molecule has 3 rings (SSSR count). The molecule has 0 spiro atoms. The molecule has 0 aromatic heterocycles. The van der Waals surface area contributed by atoms with Crippen molar-refractivity contribution in [1.82, 2.24) is 9.80 Å². The molecule has 144 valence electrons. The lowest BCUT2D eigenvalue weighted by Gasteiger charge is -2.57. The van der Waals surface area contributed by atoms with E-state index in [0.29, 0.717) is 19.0 Å². The van der Waals surface area contributed by atoms with E-state index in [9.17, 15) is 18.0 Å². The third-order valence-corrected chi connectivity index (χ3v) is 6.17. The van der Waals surface area contributed by atoms with Crippen molar-refractivity contribution in [1.29, 1.82) is 0 Å². The predicted octanol–water partition coefficient (Wildman–Crippen LogP) is 4.41. The van der Waals surface area contributed by atoms with E-state index in [1.165, 1.54) is 0 Å². The van der Waals surface area contributed by atoms with E-state index in [1.807, 2.05) is 14.1 Å². The molecule has 26 heavy (non-hydrogen) atoms. The molecular formula is C19H24ClF3N2O. The quantitative estimate of drug-likeness (QED) is 0.765. The normalized spacial score (nSPS) is 27.4. The first-order valence-electron chi connectivity index (χ1n) is 8.66. The molecule has 7 heteroatoms. The van der Waals surface area contributed by atoms with Gasteiger partial charge in [-0.15, -0.1) is 0 Å². The number of carbonyl (C=O) groups is 1. The third kappa shape index (κ3) is 3.22. The standard InChI is InChI=1S/C19H24ClF3N2O/c1-17(2)9-18(10-24(3)4)11-25(8-15(17)18)16(26)13-7-12(19(21,22)23)5-6-14(13)20/h5-7,15H,8-11H2,1-4H3/t15-,18+/m1/s1. The number of nitrogens with zero attached hydrogens (tertiary/aromatic N) is 2. The Morgan fingerprint density at radius 1 is 1.35 bits per heavy atom. The molecule has 1 aromatic rings. The summed E-state index contributed by atoms with van der Waals surface area (Å²) >= 11 is 6.06. The van der Waals surface area contributed by atoms with Crippen LogP contribution in [0.2, 0.25) is 5.02 Å². The van der Waals surface area contributed by atoms with Crippen LogP contribution in [0.5, 0.6) is 0 Å². The van der Waals surface area contributed by atoms with Gasteiger partial charge in [0, 0.05) is 25.0 Å². The highest BCUT2D eigenvalue weighted by atomic mass is 35.5. The van der Waals surface area contributed by atoms with Crippen molar-refractivity contribution in [3.63, 3.8) is 0 Å². The number of fused-ring (bicyclic) bond motifs is 1. The Hall–Kier alpha value is -1.27. The van der Waals surface area contributed by atoms with Crippen LogP contribution in [0.1, 0.15) is 36.2 Å². The summed E-state index contributed by atoms with van der Waals surface area (Å²) in [6.07, 6.45) is -3.50. The van der Waals surface area contributed by atoms with Crippen LogP contribution < -0.4 is 0 Å². The smallest absolute Gasteiger partial charge is 0.338 e. The SMILES string of the molecule is CN(C)C[C@@]12CN(C(=O)c3cc(C(F)(F)F)ccc3Cl)C[C@@H]1C(C)(C)C2. The molecule has 1 aliphatic heterocycles. The van der Waals surface area contributed by atoms with Gasteiger partial charge in [-0.05, 0) is 50.0 Å². The summed E-state index contributed by atoms with van der Waals surface area (Å²) < 4.78 is 39.0. The maximum Gasteiger partial charge on any atom is 0.416 e. The lowest BCUT2D eigenvalue weighted by Crippen LogP contribution is -2.57. The number of benzene rings is 1. The molecule has 0 unspecified atom stereocenters. The van der Waals surface area contributed by atoms with Gasteiger partial charge >= 0.3 is 6.18 Å². The van der Waals surface area contributed by atoms with Crippen LogP contribution in [0.3, 0.4) is 0 Å². The van der Waals surface area contributed by atoms with Gasteiger partial charge in [-0.2, -0.15) is 13.2 Å². The number of likely N-dealkylation sites (tertiary alicyclic amines) is 1. The minimum absolute atomic E-state index is 0.0107. The van der Waals surface area contributed by atoms with Crippen LogP contribution in [0.4, 0.5) is 13.2 Å². The molecule has 2 fully saturated rings. The van der Waals surface area contributed by atoms with Crippen LogP contribution in [-0.2, 0) is 6.18 Å². The van der Waals surface area contributed by atoms with Crippen molar-refractivity contribution >= 4 is 17.5 Å². The number of carbonyl (C=O) groups excluding carboxylic acids is 1. The molecular weight excluding hydrogens is 365 g/mol. The average molecular weight is 389 g/mol. The first-order valence-corrected chi connectivity index (χ1v) is 9.04. The van der Waals surface area contributed by atoms with E-state index in [2.05, 4.69) is 18.7 Å². The number of hydrogen-bond donors (Lipinski definition) is 0. The van der Waals surface area contributed by atoms with Crippen molar-refractivity contribution in [3.8, 4) is 0 Å². The second kappa shape index (κ2) is 6.13. The highest BCUT2D eigenvalue weighted by Gasteiger charge is 2.63. The Bertz CT molecular complexity index is 728. The van der Waals surface area contributed by atoms with Gasteiger partial charge in [0.15, 0.2) is 0 Å². The van der Waals surface area contributed by atoms with Crippen molar-refractivity contribution in [2.24, 2.45) is 16.7 Å². The van der Waals surface area contributed by atoms with Gasteiger partial charge in [0.25, 0.3) is 5.91 Å². The Labute approximate surface area is 157 Å². The molecule has 1 amide bonds. The van der Waals surface area contributed by atoms with Crippen LogP contribution in [0.25, 0.3) is 0 Å². The van der Waals surface area contributed by atoms with E-state index in [1.54, 1.807) is 4.90 Å². The molecule has 0 N–H and O–H groups in total. The monoisotopic (exact) mass is 388 g/mol. The van der Waals surface area contributed by atoms with Gasteiger partial charge in [-0.1, -0.05) is 25.4 Å². The minimum atomic E-state index is -4.50. The molecule has 2 atom stereocenters. The summed E-state index contributed by atoms with van der Waals surface area (Å²) in [6.45, 7) is 6.37. The fourth-order valence-electron chi connectivity index (χ4n) is 5.16. The third-order valence-electron chi connectivity index (χ3n) is 5.84. The van der Waals surface area contributed by atoms with Gasteiger partial charge in [0.05, 0.1) is 16.1 Å². The number of alkyl halides is 3. The molecule has 0 bridgehead atoms. The molecule has 2 aliphatic rings. The van der Waals surface area contributed by atoms with Gasteiger partial charge in [0.2, 0.25) is 0 Å². The summed E-state index contributed by atoms with van der Waals surface area (Å²) in [5.41, 5.74) is -0.782. The van der Waals surface area contributed by atoms with Crippen LogP contribution in [0.15, 0.2) is 18.2 Å². The van der Waals surface area contributed by atoms with Crippen LogP contribution in [-0.4, -0.2) is 49.4 Å². The Morgan fingerprint density at radius 2 is 2.00 bits per heavy atom. The van der Waals surface area contributed by atoms with E-state index >= 15 is 0 Å². The van der Waals surface area contributed by atoms with E-state index < -0.39 is 17.6 Å². The Morgan fingerprint density at radius 3 is 2.54 bits per heavy atom. The second-order valence-corrected chi connectivity index (χ2v) is 9.10. The molecule has 1 saturated heterocycles. The number of halogens is 4. The topological polar surface area (TPSA) is 23.6 Å². The zero-order valence-corrected chi connectivity index (χ0v) is 16.2. The van der Waals surface area contributed by atoms with Gasteiger partial charge in [0.1, 0.15) is 0 Å². The fraction of sp³-hybridized carbons (Fsp3) is 0.632. The largest absolute Gasteiger partial charge is 0.416 e. The summed E-state index contributed by atoms with van der Waals surface area (Å²) in [5.74, 6) is -0.0737. The van der Waals surface area contributed by atoms with Crippen molar-refractivity contribution in [2.45, 2.75) is 26.4 Å². The van der Waals surface area contributed by atoms with Crippen molar-refractivity contribution < 1.29 is 18.0 Å². The van der Waals surface area contributed by atoms with Crippen molar-refractivity contribution in [3.05, 3.63) is 34.3 Å². The first-order chi connectivity index (χ1) is 11.9. The van der Waals surface area contributed by atoms with Crippen molar-refractivity contribution in [2.75, 3.05) is 33.7 Å². The molecule has 1 heterocycles. The average Bonchev–Trinajstić information content (AvgIpc) is 2.79. The van der Waals surface area contributed by atoms with Gasteiger partial charge < -0.3 is 9.80 Å². The molecule has 1 saturated carbocycles. The fourth-order valence-corrected chi connectivity index (χ4v) is 5.36. The molecule has 1 aromatic carbocycles. The van der Waals surface area contributed by atoms with Crippen LogP contribution in [0, 0.1) is 16.7 Å². The maximum atomic E-state index is 13.0. The van der Waals surface area contributed by atoms with Gasteiger partial charge in [-0.3, -0.25) is 4.79 Å². The summed E-state index contributed by atoms with van der Waals surface area (Å²) in [5, 5.41) is 0.0585. The second-order valence-electron chi connectivity index (χ2n) is 8.70. The summed E-state index contributed by atoms with van der Waals surface area (Å²) in [7, 11) is 4.01. The Kier molecular flexibility index (Phi) is 4.59. The molecule has 0 radical (unpaired) electrons. The number of rotatable bonds is 3. The van der Waals surface area contributed by atoms with Gasteiger partial charge in [-0.25, -0.2) is 0 Å². The summed E-state index contributed by atoms with van der Waals surface area (Å²) in [6, 6.07) is 2.93. The Balaban J connectivity index is 1.88. The lowest BCUT2D eigenvalue weighted by atomic mass is 9.48. The zero-order chi connectivity index (χ0) is 19.5. The van der Waals surface area contributed by atoms with E-state index in [-0.39, 0.29) is 21.4 Å². The maximum absolute atomic E-state index is 13.0. The summed E-state index contributed by atoms with van der Waals surface area (Å²) in [4.78, 5) is 16.8. The molecule has 3 nitrogen and oxygen atoms in total. The first kappa shape index (κ1) is 19.5. The molecule has 1 aliphatic carbocycles. The lowest BCUT2D eigenvalue weighted by molar-refractivity contribution is -0.137. The van der Waals surface area contributed by atoms with E-state index in [0.717, 1.165) is 31.2 Å². The van der Waals surface area contributed by atoms with Crippen LogP contribution >= 0.6 is 11.6 Å². The highest BCUT2D eigenvalue weighted by Crippen LogP contribution is 2.63. The number of hydrogen-bond acceptors (Lipinski definition) is 2.